The molecule has 176 valence electrons. The van der Waals surface area contributed by atoms with Gasteiger partial charge in [-0.1, -0.05) is 0 Å². The van der Waals surface area contributed by atoms with Gasteiger partial charge in [0.1, 0.15) is 6.04 Å². The van der Waals surface area contributed by atoms with E-state index >= 15 is 0 Å². The second kappa shape index (κ2) is 8.85. The molecule has 10 heteroatoms. The minimum absolute atomic E-state index is 0.111. The van der Waals surface area contributed by atoms with Crippen molar-refractivity contribution in [1.29, 1.82) is 0 Å². The molecule has 2 N–H and O–H groups in total. The molecule has 4 amide bonds. The van der Waals surface area contributed by atoms with E-state index in [1.54, 1.807) is 12.1 Å². The molecule has 5 rings (SSSR count). The van der Waals surface area contributed by atoms with E-state index in [0.717, 1.165) is 62.9 Å². The fourth-order valence-corrected chi connectivity index (χ4v) is 5.33. The van der Waals surface area contributed by atoms with Crippen LogP contribution in [0.15, 0.2) is 18.2 Å². The molecular formula is C23H29N5O5. The lowest BCUT2D eigenvalue weighted by Crippen LogP contribution is -2.55. The number of aliphatic hydroxyl groups excluding tert-OH is 1. The maximum atomic E-state index is 13.0. The molecule has 4 aliphatic heterocycles. The van der Waals surface area contributed by atoms with Gasteiger partial charge >= 0.3 is 0 Å². The van der Waals surface area contributed by atoms with Crippen molar-refractivity contribution in [1.82, 2.24) is 20.0 Å². The first kappa shape index (κ1) is 22.0. The van der Waals surface area contributed by atoms with Crippen LogP contribution < -0.4 is 10.2 Å². The third-order valence-electron chi connectivity index (χ3n) is 7.13. The number of anilines is 1. The SMILES string of the molecule is O=C1CCC(N2C(=O)c3ccc(N4CCN(CC5CN(CCO)C5)CC4)cc3C2=O)C(=O)N1. The van der Waals surface area contributed by atoms with Gasteiger partial charge in [-0.2, -0.15) is 0 Å². The number of rotatable bonds is 6. The number of nitrogens with zero attached hydrogens (tertiary/aromatic N) is 4. The highest BCUT2D eigenvalue weighted by atomic mass is 16.3. The van der Waals surface area contributed by atoms with Crippen molar-refractivity contribution >= 4 is 29.3 Å². The topological polar surface area (TPSA) is 114 Å². The quantitative estimate of drug-likeness (QED) is 0.533. The number of benzene rings is 1. The predicted molar refractivity (Wildman–Crippen MR) is 119 cm³/mol. The number of imide groups is 2. The van der Waals surface area contributed by atoms with E-state index in [4.69, 9.17) is 5.11 Å². The molecule has 0 bridgehead atoms. The third-order valence-corrected chi connectivity index (χ3v) is 7.13. The summed E-state index contributed by atoms with van der Waals surface area (Å²) in [5.41, 5.74) is 1.53. The van der Waals surface area contributed by atoms with E-state index in [1.165, 1.54) is 0 Å². The zero-order chi connectivity index (χ0) is 23.1. The Balaban J connectivity index is 1.21. The molecule has 1 aromatic rings. The molecule has 0 radical (unpaired) electrons. The summed E-state index contributed by atoms with van der Waals surface area (Å²) in [6.45, 7) is 7.67. The molecule has 0 aromatic heterocycles. The van der Waals surface area contributed by atoms with Crippen molar-refractivity contribution in [3.8, 4) is 0 Å². The summed E-state index contributed by atoms with van der Waals surface area (Å²) in [4.78, 5) is 57.5. The van der Waals surface area contributed by atoms with Gasteiger partial charge in [-0.3, -0.25) is 34.3 Å². The molecule has 0 spiro atoms. The van der Waals surface area contributed by atoms with E-state index < -0.39 is 23.8 Å². The highest BCUT2D eigenvalue weighted by Crippen LogP contribution is 2.31. The van der Waals surface area contributed by atoms with E-state index in [9.17, 15) is 19.2 Å². The van der Waals surface area contributed by atoms with Gasteiger partial charge in [0, 0.05) is 64.5 Å². The molecule has 3 fully saturated rings. The summed E-state index contributed by atoms with van der Waals surface area (Å²) < 4.78 is 0. The van der Waals surface area contributed by atoms with Gasteiger partial charge in [-0.25, -0.2) is 0 Å². The Morgan fingerprint density at radius 2 is 1.67 bits per heavy atom. The number of amides is 4. The average molecular weight is 456 g/mol. The average Bonchev–Trinajstić information content (AvgIpc) is 3.03. The summed E-state index contributed by atoms with van der Waals surface area (Å²) >= 11 is 0. The molecule has 0 saturated carbocycles. The lowest BCUT2D eigenvalue weighted by Gasteiger charge is -2.43. The monoisotopic (exact) mass is 455 g/mol. The van der Waals surface area contributed by atoms with Crippen LogP contribution in [0.4, 0.5) is 5.69 Å². The summed E-state index contributed by atoms with van der Waals surface area (Å²) in [5, 5.41) is 11.2. The van der Waals surface area contributed by atoms with Crippen LogP contribution in [-0.2, 0) is 9.59 Å². The minimum atomic E-state index is -0.943. The van der Waals surface area contributed by atoms with Gasteiger partial charge in [-0.05, 0) is 30.5 Å². The maximum Gasteiger partial charge on any atom is 0.262 e. The van der Waals surface area contributed by atoms with Crippen molar-refractivity contribution in [3.05, 3.63) is 29.3 Å². The van der Waals surface area contributed by atoms with Crippen molar-refractivity contribution in [2.75, 3.05) is 63.9 Å². The minimum Gasteiger partial charge on any atom is -0.395 e. The number of aliphatic hydroxyl groups is 1. The van der Waals surface area contributed by atoms with Crippen molar-refractivity contribution < 1.29 is 24.3 Å². The van der Waals surface area contributed by atoms with Crippen LogP contribution in [-0.4, -0.2) is 108 Å². The van der Waals surface area contributed by atoms with Gasteiger partial charge in [0.15, 0.2) is 0 Å². The van der Waals surface area contributed by atoms with Crippen LogP contribution in [0.2, 0.25) is 0 Å². The standard InChI is InChI=1S/C23H29N5O5/c29-10-9-26-13-15(14-26)12-25-5-7-27(8-6-25)16-1-2-17-18(11-16)23(33)28(22(17)32)19-3-4-20(30)24-21(19)31/h1-2,11,15,19,29H,3-10,12-14H2,(H,24,30,31). The Labute approximate surface area is 192 Å². The molecule has 33 heavy (non-hydrogen) atoms. The highest BCUT2D eigenvalue weighted by molar-refractivity contribution is 6.23. The largest absolute Gasteiger partial charge is 0.395 e. The molecule has 4 heterocycles. The van der Waals surface area contributed by atoms with Crippen LogP contribution in [0, 0.1) is 5.92 Å². The first-order valence-electron chi connectivity index (χ1n) is 11.6. The highest BCUT2D eigenvalue weighted by Gasteiger charge is 2.44. The van der Waals surface area contributed by atoms with Gasteiger partial charge in [0.2, 0.25) is 11.8 Å². The van der Waals surface area contributed by atoms with Crippen molar-refractivity contribution in [3.63, 3.8) is 0 Å². The Bertz CT molecular complexity index is 983. The number of carbonyl (C=O) groups is 4. The number of carbonyl (C=O) groups excluding carboxylic acids is 4. The number of nitrogens with one attached hydrogen (secondary N) is 1. The summed E-state index contributed by atoms with van der Waals surface area (Å²) in [7, 11) is 0. The fourth-order valence-electron chi connectivity index (χ4n) is 5.33. The number of likely N-dealkylation sites (tertiary alicyclic amines) is 1. The van der Waals surface area contributed by atoms with E-state index in [2.05, 4.69) is 20.0 Å². The first-order chi connectivity index (χ1) is 15.9. The van der Waals surface area contributed by atoms with Gasteiger partial charge in [0.25, 0.3) is 11.8 Å². The number of piperazine rings is 1. The number of piperidine rings is 1. The molecule has 0 aliphatic carbocycles. The Hall–Kier alpha value is -2.82. The number of hydrogen-bond acceptors (Lipinski definition) is 8. The molecule has 10 nitrogen and oxygen atoms in total. The maximum absolute atomic E-state index is 13.0. The second-order valence-corrected chi connectivity index (χ2v) is 9.31. The number of fused-ring (bicyclic) bond motifs is 1. The Kier molecular flexibility index (Phi) is 5.90. The molecule has 1 aromatic carbocycles. The first-order valence-corrected chi connectivity index (χ1v) is 11.6. The Morgan fingerprint density at radius 1 is 0.939 bits per heavy atom. The molecule has 1 atom stereocenters. The van der Waals surface area contributed by atoms with Crippen LogP contribution in [0.3, 0.4) is 0 Å². The van der Waals surface area contributed by atoms with E-state index in [-0.39, 0.29) is 25.4 Å². The molecule has 3 saturated heterocycles. The number of β-amino-alcohol motifs (C(OH)–C–C–N with tert-alkyl or cyclic N) is 1. The van der Waals surface area contributed by atoms with Crippen LogP contribution in [0.25, 0.3) is 0 Å². The smallest absolute Gasteiger partial charge is 0.262 e. The molecule has 1 unspecified atom stereocenters. The van der Waals surface area contributed by atoms with Gasteiger partial charge < -0.3 is 14.9 Å². The zero-order valence-electron chi connectivity index (χ0n) is 18.5. The lowest BCUT2D eigenvalue weighted by atomic mass is 9.99. The van der Waals surface area contributed by atoms with Crippen molar-refractivity contribution in [2.24, 2.45) is 5.92 Å². The summed E-state index contributed by atoms with van der Waals surface area (Å²) in [6.07, 6.45) is 0.267. The van der Waals surface area contributed by atoms with Crippen LogP contribution in [0.5, 0.6) is 0 Å². The molecule has 4 aliphatic rings. The third kappa shape index (κ3) is 4.14. The molecular weight excluding hydrogens is 426 g/mol. The predicted octanol–water partition coefficient (Wildman–Crippen LogP) is -0.866. The normalized spacial score (nSPS) is 24.8. The lowest BCUT2D eigenvalue weighted by molar-refractivity contribution is -0.136. The Morgan fingerprint density at radius 3 is 2.36 bits per heavy atom. The summed E-state index contributed by atoms with van der Waals surface area (Å²) in [6, 6.07) is 4.36. The second-order valence-electron chi connectivity index (χ2n) is 9.31. The van der Waals surface area contributed by atoms with E-state index in [0.29, 0.717) is 17.0 Å². The van der Waals surface area contributed by atoms with E-state index in [1.807, 2.05) is 6.07 Å². The number of hydrogen-bond donors (Lipinski definition) is 2. The van der Waals surface area contributed by atoms with Gasteiger partial charge in [-0.15, -0.1) is 0 Å². The van der Waals surface area contributed by atoms with Crippen LogP contribution >= 0.6 is 0 Å². The fraction of sp³-hybridized carbons (Fsp3) is 0.565. The van der Waals surface area contributed by atoms with Gasteiger partial charge in [0.05, 0.1) is 17.7 Å². The summed E-state index contributed by atoms with van der Waals surface area (Å²) in [5.74, 6) is -1.26. The zero-order valence-corrected chi connectivity index (χ0v) is 18.5. The van der Waals surface area contributed by atoms with Crippen LogP contribution in [0.1, 0.15) is 33.6 Å². The van der Waals surface area contributed by atoms with Crippen molar-refractivity contribution in [2.45, 2.75) is 18.9 Å².